The normalized spacial score (nSPS) is 15.3. The van der Waals surface area contributed by atoms with E-state index in [4.69, 9.17) is 5.11 Å². The summed E-state index contributed by atoms with van der Waals surface area (Å²) in [5.41, 5.74) is -5.02. The van der Waals surface area contributed by atoms with Crippen molar-refractivity contribution < 1.29 is 31.5 Å². The first-order valence-corrected chi connectivity index (χ1v) is 7.36. The largest absolute Gasteiger partial charge is 0.501 e. The predicted molar refractivity (Wildman–Crippen MR) is 69.6 cm³/mol. The second-order valence-corrected chi connectivity index (χ2v) is 6.47. The minimum atomic E-state index is -5.37. The molecule has 0 aliphatic carbocycles. The minimum Gasteiger partial charge on any atom is -0.481 e. The minimum absolute atomic E-state index is 0.330. The molecule has 118 valence electrons. The van der Waals surface area contributed by atoms with Crippen molar-refractivity contribution in [2.45, 2.75) is 30.3 Å². The number of hydrogen-bond acceptors (Lipinski definition) is 4. The van der Waals surface area contributed by atoms with Gasteiger partial charge in [0.05, 0.1) is 10.8 Å². The molecule has 1 rings (SSSR count). The van der Waals surface area contributed by atoms with Crippen LogP contribution < -0.4 is 5.32 Å². The van der Waals surface area contributed by atoms with Crippen molar-refractivity contribution in [3.05, 3.63) is 24.3 Å². The summed E-state index contributed by atoms with van der Waals surface area (Å²) in [6.45, 7) is 3.07. The van der Waals surface area contributed by atoms with Crippen molar-refractivity contribution in [2.24, 2.45) is 5.92 Å². The van der Waals surface area contributed by atoms with Crippen LogP contribution in [0.1, 0.15) is 13.8 Å². The summed E-state index contributed by atoms with van der Waals surface area (Å²) in [6.07, 6.45) is 0. The van der Waals surface area contributed by atoms with Gasteiger partial charge in [0.1, 0.15) is 0 Å². The summed E-state index contributed by atoms with van der Waals surface area (Å²) in [7, 11) is -5.37. The molecule has 0 radical (unpaired) electrons. The number of halogens is 3. The van der Waals surface area contributed by atoms with Crippen LogP contribution in [0.2, 0.25) is 0 Å². The number of carbonyl (C=O) groups is 1. The lowest BCUT2D eigenvalue weighted by atomic mass is 10.0. The van der Waals surface area contributed by atoms with E-state index in [0.29, 0.717) is 5.69 Å². The van der Waals surface area contributed by atoms with Crippen molar-refractivity contribution in [3.8, 4) is 0 Å². The third-order valence-corrected chi connectivity index (χ3v) is 4.51. The van der Waals surface area contributed by atoms with Gasteiger partial charge in [-0.25, -0.2) is 8.42 Å². The van der Waals surface area contributed by atoms with E-state index in [0.717, 1.165) is 24.3 Å². The van der Waals surface area contributed by atoms with Gasteiger partial charge in [-0.3, -0.25) is 4.79 Å². The lowest BCUT2D eigenvalue weighted by Gasteiger charge is -2.19. The summed E-state index contributed by atoms with van der Waals surface area (Å²) < 4.78 is 59.4. The highest BCUT2D eigenvalue weighted by molar-refractivity contribution is 7.92. The van der Waals surface area contributed by atoms with Crippen LogP contribution in [0.3, 0.4) is 0 Å². The Morgan fingerprint density at radius 3 is 2.05 bits per heavy atom. The fourth-order valence-corrected chi connectivity index (χ4v) is 2.23. The molecule has 0 aliphatic heterocycles. The Hall–Kier alpha value is -1.77. The summed E-state index contributed by atoms with van der Waals surface area (Å²) in [5.74, 6) is -1.74. The molecule has 2 N–H and O–H groups in total. The Morgan fingerprint density at radius 2 is 1.67 bits per heavy atom. The molecule has 0 aromatic heterocycles. The zero-order chi connectivity index (χ0) is 16.4. The van der Waals surface area contributed by atoms with E-state index in [9.17, 15) is 26.4 Å². The molecule has 0 saturated heterocycles. The first kappa shape index (κ1) is 17.3. The van der Waals surface area contributed by atoms with Gasteiger partial charge in [-0.1, -0.05) is 0 Å². The molecule has 0 fully saturated rings. The molecule has 0 aliphatic rings. The number of carboxylic acid groups (broad SMARTS) is 1. The topological polar surface area (TPSA) is 83.5 Å². The molecule has 0 spiro atoms. The number of rotatable bonds is 5. The molecule has 0 bridgehead atoms. The van der Waals surface area contributed by atoms with Crippen molar-refractivity contribution in [2.75, 3.05) is 5.32 Å². The van der Waals surface area contributed by atoms with E-state index in [-0.39, 0.29) is 0 Å². The van der Waals surface area contributed by atoms with Gasteiger partial charge >= 0.3 is 11.5 Å². The molecule has 2 unspecified atom stereocenters. The predicted octanol–water partition coefficient (Wildman–Crippen LogP) is 2.50. The lowest BCUT2D eigenvalue weighted by Crippen LogP contribution is -2.29. The van der Waals surface area contributed by atoms with Gasteiger partial charge in [-0.15, -0.1) is 0 Å². The zero-order valence-electron chi connectivity index (χ0n) is 11.2. The highest BCUT2D eigenvalue weighted by Crippen LogP contribution is 2.30. The zero-order valence-corrected chi connectivity index (χ0v) is 12.0. The number of hydrogen-bond donors (Lipinski definition) is 2. The molecule has 0 heterocycles. The summed E-state index contributed by atoms with van der Waals surface area (Å²) >= 11 is 0. The molecule has 0 saturated carbocycles. The number of alkyl halides is 3. The van der Waals surface area contributed by atoms with E-state index in [1.54, 1.807) is 6.92 Å². The third-order valence-electron chi connectivity index (χ3n) is 3.00. The average Bonchev–Trinajstić information content (AvgIpc) is 2.36. The summed E-state index contributed by atoms with van der Waals surface area (Å²) in [4.78, 5) is 9.92. The molecule has 9 heteroatoms. The molecular weight excluding hydrogens is 311 g/mol. The fourth-order valence-electron chi connectivity index (χ4n) is 1.47. The van der Waals surface area contributed by atoms with Crippen LogP contribution >= 0.6 is 0 Å². The van der Waals surface area contributed by atoms with E-state index < -0.39 is 38.2 Å². The average molecular weight is 325 g/mol. The standard InChI is InChI=1S/C12H14F3NO4S/c1-7(11(17)18)8(2)16-9-3-5-10(6-4-9)21(19,20)12(13,14)15/h3-8,16H,1-2H3,(H,17,18). The van der Waals surface area contributed by atoms with Crippen LogP contribution in [0.15, 0.2) is 29.2 Å². The number of sulfone groups is 1. The monoisotopic (exact) mass is 325 g/mol. The van der Waals surface area contributed by atoms with Crippen LogP contribution in [0, 0.1) is 5.92 Å². The van der Waals surface area contributed by atoms with Gasteiger partial charge in [-0.2, -0.15) is 13.2 Å². The van der Waals surface area contributed by atoms with E-state index in [1.807, 2.05) is 0 Å². The number of aliphatic carboxylic acids is 1. The van der Waals surface area contributed by atoms with Crippen LogP contribution in [-0.2, 0) is 14.6 Å². The molecule has 21 heavy (non-hydrogen) atoms. The lowest BCUT2D eigenvalue weighted by molar-refractivity contribution is -0.141. The Bertz CT molecular complexity index is 610. The number of anilines is 1. The molecule has 2 atom stereocenters. The van der Waals surface area contributed by atoms with Crippen molar-refractivity contribution in [3.63, 3.8) is 0 Å². The van der Waals surface area contributed by atoms with E-state index in [2.05, 4.69) is 5.32 Å². The Balaban J connectivity index is 2.92. The molecule has 5 nitrogen and oxygen atoms in total. The molecule has 0 amide bonds. The van der Waals surface area contributed by atoms with Crippen LogP contribution in [-0.4, -0.2) is 31.0 Å². The summed E-state index contributed by atoms with van der Waals surface area (Å²) in [6, 6.07) is 3.48. The van der Waals surface area contributed by atoms with Gasteiger partial charge in [0.2, 0.25) is 0 Å². The second-order valence-electron chi connectivity index (χ2n) is 4.53. The molecule has 1 aromatic carbocycles. The Kier molecular flexibility index (Phi) is 4.87. The van der Waals surface area contributed by atoms with Gasteiger partial charge in [0.15, 0.2) is 0 Å². The maximum absolute atomic E-state index is 12.4. The van der Waals surface area contributed by atoms with Crippen molar-refractivity contribution >= 4 is 21.5 Å². The van der Waals surface area contributed by atoms with E-state index >= 15 is 0 Å². The molecule has 1 aromatic rings. The van der Waals surface area contributed by atoms with Crippen LogP contribution in [0.5, 0.6) is 0 Å². The van der Waals surface area contributed by atoms with Gasteiger partial charge < -0.3 is 10.4 Å². The van der Waals surface area contributed by atoms with Gasteiger partial charge in [0.25, 0.3) is 9.84 Å². The first-order valence-electron chi connectivity index (χ1n) is 5.87. The first-order chi connectivity index (χ1) is 9.46. The maximum Gasteiger partial charge on any atom is 0.501 e. The summed E-state index contributed by atoms with van der Waals surface area (Å²) in [5, 5.41) is 11.6. The quantitative estimate of drug-likeness (QED) is 0.869. The number of nitrogens with one attached hydrogen (secondary N) is 1. The number of carboxylic acids is 1. The second kappa shape index (κ2) is 5.92. The van der Waals surface area contributed by atoms with Gasteiger partial charge in [-0.05, 0) is 38.1 Å². The van der Waals surface area contributed by atoms with Crippen LogP contribution in [0.25, 0.3) is 0 Å². The maximum atomic E-state index is 12.4. The highest BCUT2D eigenvalue weighted by Gasteiger charge is 2.46. The third kappa shape index (κ3) is 3.87. The van der Waals surface area contributed by atoms with Crippen LogP contribution in [0.4, 0.5) is 18.9 Å². The Morgan fingerprint density at radius 1 is 1.19 bits per heavy atom. The van der Waals surface area contributed by atoms with Crippen molar-refractivity contribution in [1.29, 1.82) is 0 Å². The Labute approximate surface area is 119 Å². The fraction of sp³-hybridized carbons (Fsp3) is 0.417. The van der Waals surface area contributed by atoms with Gasteiger partial charge in [0, 0.05) is 11.7 Å². The highest BCUT2D eigenvalue weighted by atomic mass is 32.2. The SMILES string of the molecule is CC(Nc1ccc(S(=O)(=O)C(F)(F)F)cc1)C(C)C(=O)O. The number of benzene rings is 1. The molecular formula is C12H14F3NO4S. The smallest absolute Gasteiger partial charge is 0.481 e. The van der Waals surface area contributed by atoms with E-state index in [1.165, 1.54) is 6.92 Å². The van der Waals surface area contributed by atoms with Crippen molar-refractivity contribution in [1.82, 2.24) is 0 Å².